The number of anilines is 1. The zero-order chi connectivity index (χ0) is 17.1. The van der Waals surface area contributed by atoms with Crippen molar-refractivity contribution in [2.24, 2.45) is 0 Å². The van der Waals surface area contributed by atoms with Gasteiger partial charge in [0.05, 0.1) is 12.3 Å². The molecule has 1 atom stereocenters. The highest BCUT2D eigenvalue weighted by atomic mass is 16.3. The first-order valence-corrected chi connectivity index (χ1v) is 7.95. The number of fused-ring (bicyclic) bond motifs is 1. The summed E-state index contributed by atoms with van der Waals surface area (Å²) < 4.78 is 5.42. The summed E-state index contributed by atoms with van der Waals surface area (Å²) in [5, 5.41) is 5.67. The molecule has 126 valence electrons. The number of hydrogen-bond acceptors (Lipinski definition) is 4. The Balaban J connectivity index is 1.59. The average molecular weight is 327 g/mol. The number of aryl methyl sites for hydroxylation is 1. The fourth-order valence-electron chi connectivity index (χ4n) is 2.92. The minimum absolute atomic E-state index is 0.0385. The summed E-state index contributed by atoms with van der Waals surface area (Å²) in [6.45, 7) is 0.426. The van der Waals surface area contributed by atoms with Crippen molar-refractivity contribution in [1.29, 1.82) is 0 Å². The van der Waals surface area contributed by atoms with E-state index >= 15 is 0 Å². The van der Waals surface area contributed by atoms with Crippen molar-refractivity contribution in [2.45, 2.75) is 18.9 Å². The third-order valence-electron chi connectivity index (χ3n) is 4.24. The molecule has 1 aliphatic carbocycles. The molecule has 0 saturated heterocycles. The Morgan fingerprint density at radius 2 is 2.12 bits per heavy atom. The zero-order valence-electron chi connectivity index (χ0n) is 13.8. The molecular formula is C18H21N3O3. The van der Waals surface area contributed by atoms with Crippen LogP contribution < -0.4 is 10.6 Å². The smallest absolute Gasteiger partial charge is 0.319 e. The number of likely N-dealkylation sites (N-methyl/N-ethyl adjacent to an activating group) is 1. The number of urea groups is 1. The van der Waals surface area contributed by atoms with Gasteiger partial charge in [0.1, 0.15) is 5.76 Å². The van der Waals surface area contributed by atoms with Crippen molar-refractivity contribution in [3.63, 3.8) is 0 Å². The monoisotopic (exact) mass is 327 g/mol. The second kappa shape index (κ2) is 6.88. The number of nitrogens with one attached hydrogen (secondary N) is 2. The second-order valence-corrected chi connectivity index (χ2v) is 6.12. The third kappa shape index (κ3) is 3.49. The van der Waals surface area contributed by atoms with E-state index in [0.717, 1.165) is 23.3 Å². The van der Waals surface area contributed by atoms with Gasteiger partial charge in [0.2, 0.25) is 0 Å². The van der Waals surface area contributed by atoms with Crippen LogP contribution in [-0.4, -0.2) is 37.4 Å². The molecule has 24 heavy (non-hydrogen) atoms. The highest BCUT2D eigenvalue weighted by Crippen LogP contribution is 2.25. The topological polar surface area (TPSA) is 74.6 Å². The number of hydrogen-bond donors (Lipinski definition) is 2. The number of ketones is 1. The maximum Gasteiger partial charge on any atom is 0.319 e. The van der Waals surface area contributed by atoms with Crippen LogP contribution in [0.4, 0.5) is 10.5 Å². The molecule has 1 heterocycles. The summed E-state index contributed by atoms with van der Waals surface area (Å²) in [5.41, 5.74) is 2.46. The minimum Gasteiger partial charge on any atom is -0.468 e. The Labute approximate surface area is 140 Å². The lowest BCUT2D eigenvalue weighted by Crippen LogP contribution is -2.36. The van der Waals surface area contributed by atoms with E-state index in [0.29, 0.717) is 18.7 Å². The first-order chi connectivity index (χ1) is 11.5. The first kappa shape index (κ1) is 16.3. The van der Waals surface area contributed by atoms with Gasteiger partial charge in [-0.2, -0.15) is 0 Å². The third-order valence-corrected chi connectivity index (χ3v) is 4.24. The average Bonchev–Trinajstić information content (AvgIpc) is 3.18. The van der Waals surface area contributed by atoms with Crippen LogP contribution in [0.5, 0.6) is 0 Å². The van der Waals surface area contributed by atoms with Gasteiger partial charge < -0.3 is 15.1 Å². The Bertz CT molecular complexity index is 738. The number of nitrogens with zero attached hydrogens (tertiary/aromatic N) is 1. The molecule has 0 bridgehead atoms. The van der Waals surface area contributed by atoms with Gasteiger partial charge >= 0.3 is 6.03 Å². The molecule has 0 aliphatic heterocycles. The van der Waals surface area contributed by atoms with Gasteiger partial charge in [0, 0.05) is 24.2 Å². The summed E-state index contributed by atoms with van der Waals surface area (Å²) in [4.78, 5) is 25.8. The molecule has 0 unspecified atom stereocenters. The van der Waals surface area contributed by atoms with Crippen molar-refractivity contribution in [1.82, 2.24) is 10.2 Å². The van der Waals surface area contributed by atoms with Crippen LogP contribution in [0.1, 0.15) is 34.1 Å². The van der Waals surface area contributed by atoms with Crippen LogP contribution in [0.2, 0.25) is 0 Å². The summed E-state index contributed by atoms with van der Waals surface area (Å²) in [6.07, 6.45) is 2.92. The molecule has 3 rings (SSSR count). The highest BCUT2D eigenvalue weighted by Gasteiger charge is 2.20. The van der Waals surface area contributed by atoms with Crippen LogP contribution in [0.15, 0.2) is 41.0 Å². The molecule has 2 N–H and O–H groups in total. The van der Waals surface area contributed by atoms with Crippen molar-refractivity contribution in [3.8, 4) is 0 Å². The standard InChI is InChI=1S/C18H21N3O3/c1-21(2)15(17-4-3-9-24-17)11-19-18(23)20-13-6-7-14-12(10-13)5-8-16(14)22/h3-4,6-7,9-10,15H,5,8,11H2,1-2H3,(H2,19,20,23)/t15-/m0/s1. The minimum atomic E-state index is -0.280. The van der Waals surface area contributed by atoms with Crippen molar-refractivity contribution < 1.29 is 14.0 Å². The van der Waals surface area contributed by atoms with Crippen LogP contribution in [0.3, 0.4) is 0 Å². The molecule has 0 saturated carbocycles. The van der Waals surface area contributed by atoms with Gasteiger partial charge in [0.25, 0.3) is 0 Å². The lowest BCUT2D eigenvalue weighted by Gasteiger charge is -2.22. The van der Waals surface area contributed by atoms with Crippen LogP contribution in [0.25, 0.3) is 0 Å². The molecule has 1 aromatic carbocycles. The number of Topliss-reactive ketones (excluding diaryl/α,β-unsaturated/α-hetero) is 1. The van der Waals surface area contributed by atoms with E-state index in [2.05, 4.69) is 10.6 Å². The van der Waals surface area contributed by atoms with Crippen LogP contribution in [-0.2, 0) is 6.42 Å². The molecule has 6 nitrogen and oxygen atoms in total. The summed E-state index contributed by atoms with van der Waals surface area (Å²) in [5.74, 6) is 0.976. The zero-order valence-corrected chi connectivity index (χ0v) is 13.8. The SMILES string of the molecule is CN(C)[C@@H](CNC(=O)Nc1ccc2c(c1)CCC2=O)c1ccco1. The van der Waals surface area contributed by atoms with E-state index in [1.165, 1.54) is 0 Å². The Morgan fingerprint density at radius 3 is 2.83 bits per heavy atom. The number of amides is 2. The fourth-order valence-corrected chi connectivity index (χ4v) is 2.92. The van der Waals surface area contributed by atoms with E-state index in [1.807, 2.05) is 37.2 Å². The van der Waals surface area contributed by atoms with E-state index in [4.69, 9.17) is 4.42 Å². The van der Waals surface area contributed by atoms with Gasteiger partial charge in [-0.1, -0.05) is 0 Å². The highest BCUT2D eigenvalue weighted by molar-refractivity contribution is 6.01. The molecular weight excluding hydrogens is 306 g/mol. The van der Waals surface area contributed by atoms with Crippen molar-refractivity contribution in [3.05, 3.63) is 53.5 Å². The first-order valence-electron chi connectivity index (χ1n) is 7.95. The van der Waals surface area contributed by atoms with Crippen LogP contribution >= 0.6 is 0 Å². The van der Waals surface area contributed by atoms with Crippen molar-refractivity contribution >= 4 is 17.5 Å². The maximum atomic E-state index is 12.1. The van der Waals surface area contributed by atoms with Gasteiger partial charge in [0.15, 0.2) is 5.78 Å². The van der Waals surface area contributed by atoms with Gasteiger partial charge in [-0.15, -0.1) is 0 Å². The molecule has 6 heteroatoms. The van der Waals surface area contributed by atoms with E-state index in [-0.39, 0.29) is 17.9 Å². The number of carbonyl (C=O) groups is 2. The van der Waals surface area contributed by atoms with Gasteiger partial charge in [-0.05, 0) is 56.4 Å². The fraction of sp³-hybridized carbons (Fsp3) is 0.333. The summed E-state index contributed by atoms with van der Waals surface area (Å²) >= 11 is 0. The predicted octanol–water partition coefficient (Wildman–Crippen LogP) is 2.83. The molecule has 2 aromatic rings. The summed E-state index contributed by atoms with van der Waals surface area (Å²) in [7, 11) is 3.87. The normalized spacial score (nSPS) is 14.5. The Morgan fingerprint density at radius 1 is 1.29 bits per heavy atom. The Kier molecular flexibility index (Phi) is 4.66. The molecule has 0 radical (unpaired) electrons. The molecule has 0 fully saturated rings. The molecule has 1 aromatic heterocycles. The van der Waals surface area contributed by atoms with E-state index in [1.54, 1.807) is 18.4 Å². The number of carbonyl (C=O) groups excluding carboxylic acids is 2. The lowest BCUT2D eigenvalue weighted by atomic mass is 10.1. The quantitative estimate of drug-likeness (QED) is 0.885. The maximum absolute atomic E-state index is 12.1. The molecule has 0 spiro atoms. The molecule has 2 amide bonds. The summed E-state index contributed by atoms with van der Waals surface area (Å²) in [6, 6.07) is 8.82. The van der Waals surface area contributed by atoms with E-state index in [9.17, 15) is 9.59 Å². The van der Waals surface area contributed by atoms with E-state index < -0.39 is 0 Å². The number of furan rings is 1. The number of rotatable bonds is 5. The lowest BCUT2D eigenvalue weighted by molar-refractivity contribution is 0.0994. The number of benzene rings is 1. The molecule has 1 aliphatic rings. The predicted molar refractivity (Wildman–Crippen MR) is 91.3 cm³/mol. The van der Waals surface area contributed by atoms with Crippen molar-refractivity contribution in [2.75, 3.05) is 26.0 Å². The van der Waals surface area contributed by atoms with Gasteiger partial charge in [-0.25, -0.2) is 4.79 Å². The largest absolute Gasteiger partial charge is 0.468 e. The second-order valence-electron chi connectivity index (χ2n) is 6.12. The van der Waals surface area contributed by atoms with Crippen LogP contribution in [0, 0.1) is 0 Å². The Hall–Kier alpha value is -2.60. The van der Waals surface area contributed by atoms with Gasteiger partial charge in [-0.3, -0.25) is 9.69 Å².